The van der Waals surface area contributed by atoms with Crippen molar-refractivity contribution in [3.63, 3.8) is 0 Å². The first-order valence-electron chi connectivity index (χ1n) is 2.89. The van der Waals surface area contributed by atoms with Crippen LogP contribution in [-0.4, -0.2) is 12.9 Å². The van der Waals surface area contributed by atoms with Crippen LogP contribution in [0, 0.1) is 0 Å². The van der Waals surface area contributed by atoms with E-state index < -0.39 is 7.77 Å². The van der Waals surface area contributed by atoms with E-state index in [0.717, 1.165) is 0 Å². The van der Waals surface area contributed by atoms with Gasteiger partial charge in [0.15, 0.2) is 0 Å². The Kier molecular flexibility index (Phi) is 5.40. The second-order valence-corrected chi connectivity index (χ2v) is 7.33. The topological polar surface area (TPSA) is 46.5 Å². The van der Waals surface area contributed by atoms with Crippen LogP contribution in [0.5, 0.6) is 0 Å². The summed E-state index contributed by atoms with van der Waals surface area (Å²) in [7, 11) is 0. The fourth-order valence-electron chi connectivity index (χ4n) is 0.424. The molecule has 0 fully saturated rings. The Morgan fingerprint density at radius 1 is 1.73 bits per heavy atom. The average molecular weight is 382 g/mol. The van der Waals surface area contributed by atoms with Gasteiger partial charge in [-0.25, -0.2) is 4.79 Å². The van der Waals surface area contributed by atoms with Gasteiger partial charge in [-0.2, -0.15) is 0 Å². The molecule has 1 N–H and O–H groups in total. The van der Waals surface area contributed by atoms with E-state index in [1.165, 1.54) is 0 Å². The van der Waals surface area contributed by atoms with Crippen molar-refractivity contribution in [3.05, 3.63) is 12.2 Å². The summed E-state index contributed by atoms with van der Waals surface area (Å²) in [4.78, 5) is 10.1. The number of carbonyl (C=O) groups is 1. The number of alkyl halides is 2. The molecule has 5 heteroatoms. The van der Waals surface area contributed by atoms with E-state index in [4.69, 9.17) is 5.11 Å². The van der Waals surface area contributed by atoms with Crippen LogP contribution in [-0.2, 0) is 4.74 Å². The molecule has 0 saturated heterocycles. The van der Waals surface area contributed by atoms with E-state index in [1.54, 1.807) is 0 Å². The SMILES string of the molecule is CC=CCC(I)(I)OC(=O)O. The molecule has 0 bridgehead atoms. The largest absolute Gasteiger partial charge is 0.507 e. The lowest BCUT2D eigenvalue weighted by Crippen LogP contribution is -2.18. The van der Waals surface area contributed by atoms with Gasteiger partial charge in [-0.15, -0.1) is 0 Å². The molecule has 0 unspecified atom stereocenters. The number of rotatable bonds is 3. The van der Waals surface area contributed by atoms with Gasteiger partial charge in [0.05, 0.1) is 0 Å². The highest BCUT2D eigenvalue weighted by Crippen LogP contribution is 2.33. The van der Waals surface area contributed by atoms with Gasteiger partial charge >= 0.3 is 6.16 Å². The summed E-state index contributed by atoms with van der Waals surface area (Å²) in [5.41, 5.74) is 0. The normalized spacial score (nSPS) is 11.9. The summed E-state index contributed by atoms with van der Waals surface area (Å²) in [5, 5.41) is 8.29. The summed E-state index contributed by atoms with van der Waals surface area (Å²) in [6, 6.07) is 0. The van der Waals surface area contributed by atoms with Gasteiger partial charge < -0.3 is 9.84 Å². The molecule has 0 aliphatic heterocycles. The highest BCUT2D eigenvalue weighted by atomic mass is 127. The third-order valence-electron chi connectivity index (χ3n) is 0.828. The molecule has 0 radical (unpaired) electrons. The van der Waals surface area contributed by atoms with Gasteiger partial charge in [0, 0.05) is 6.42 Å². The number of hydrogen-bond donors (Lipinski definition) is 1. The molecule has 11 heavy (non-hydrogen) atoms. The second kappa shape index (κ2) is 5.18. The number of halogens is 2. The Balaban J connectivity index is 3.89. The Morgan fingerprint density at radius 3 is 2.64 bits per heavy atom. The molecule has 0 aromatic heterocycles. The zero-order chi connectivity index (χ0) is 8.91. The van der Waals surface area contributed by atoms with Crippen LogP contribution in [0.1, 0.15) is 13.3 Å². The minimum atomic E-state index is -1.24. The van der Waals surface area contributed by atoms with E-state index >= 15 is 0 Å². The van der Waals surface area contributed by atoms with Crippen molar-refractivity contribution in [1.82, 2.24) is 0 Å². The van der Waals surface area contributed by atoms with Crippen molar-refractivity contribution in [2.75, 3.05) is 0 Å². The Labute approximate surface area is 92.5 Å². The molecular formula is C6H8I2O3. The van der Waals surface area contributed by atoms with Crippen LogP contribution >= 0.6 is 45.2 Å². The van der Waals surface area contributed by atoms with Gasteiger partial charge in [-0.3, -0.25) is 0 Å². The van der Waals surface area contributed by atoms with Gasteiger partial charge in [-0.05, 0) is 52.1 Å². The summed E-state index contributed by atoms with van der Waals surface area (Å²) in [6.45, 7) is 1.88. The molecule has 64 valence electrons. The smallest absolute Gasteiger partial charge is 0.450 e. The fraction of sp³-hybridized carbons (Fsp3) is 0.500. The molecule has 0 rings (SSSR count). The third kappa shape index (κ3) is 6.85. The van der Waals surface area contributed by atoms with E-state index in [-0.39, 0.29) is 0 Å². The number of hydrogen-bond acceptors (Lipinski definition) is 2. The maximum atomic E-state index is 10.1. The predicted molar refractivity (Wildman–Crippen MR) is 59.3 cm³/mol. The number of carboxylic acid groups (broad SMARTS) is 1. The lowest BCUT2D eigenvalue weighted by atomic mass is 10.4. The molecule has 0 amide bonds. The van der Waals surface area contributed by atoms with Crippen LogP contribution in [0.25, 0.3) is 0 Å². The predicted octanol–water partition coefficient (Wildman–Crippen LogP) is 3.17. The highest BCUT2D eigenvalue weighted by molar-refractivity contribution is 14.2. The van der Waals surface area contributed by atoms with Gasteiger partial charge in [0.1, 0.15) is 0 Å². The fourth-order valence-corrected chi connectivity index (χ4v) is 1.31. The molecular weight excluding hydrogens is 374 g/mol. The monoisotopic (exact) mass is 382 g/mol. The van der Waals surface area contributed by atoms with Crippen molar-refractivity contribution >= 4 is 51.3 Å². The lowest BCUT2D eigenvalue weighted by molar-refractivity contribution is 0.0829. The van der Waals surface area contributed by atoms with E-state index in [0.29, 0.717) is 6.42 Å². The Hall–Kier alpha value is 0.470. The quantitative estimate of drug-likeness (QED) is 0.353. The van der Waals surface area contributed by atoms with Crippen LogP contribution in [0.15, 0.2) is 12.2 Å². The van der Waals surface area contributed by atoms with E-state index in [2.05, 4.69) is 4.74 Å². The second-order valence-electron chi connectivity index (χ2n) is 1.78. The van der Waals surface area contributed by atoms with Crippen molar-refractivity contribution in [2.24, 2.45) is 0 Å². The highest BCUT2D eigenvalue weighted by Gasteiger charge is 2.25. The first-order valence-corrected chi connectivity index (χ1v) is 5.04. The summed E-state index contributed by atoms with van der Waals surface area (Å²) >= 11 is 3.89. The molecule has 0 atom stereocenters. The zero-order valence-electron chi connectivity index (χ0n) is 5.88. The van der Waals surface area contributed by atoms with Crippen LogP contribution in [0.2, 0.25) is 0 Å². The molecule has 0 saturated carbocycles. The van der Waals surface area contributed by atoms with Gasteiger partial charge in [-0.1, -0.05) is 12.2 Å². The van der Waals surface area contributed by atoms with E-state index in [9.17, 15) is 4.79 Å². The van der Waals surface area contributed by atoms with E-state index in [1.807, 2.05) is 64.3 Å². The van der Waals surface area contributed by atoms with Gasteiger partial charge in [0.2, 0.25) is 1.61 Å². The number of ether oxygens (including phenoxy) is 1. The summed E-state index contributed by atoms with van der Waals surface area (Å²) in [6.07, 6.45) is 3.06. The number of allylic oxidation sites excluding steroid dienone is 1. The first-order chi connectivity index (χ1) is 4.98. The minimum Gasteiger partial charge on any atom is -0.450 e. The molecule has 3 nitrogen and oxygen atoms in total. The van der Waals surface area contributed by atoms with Crippen LogP contribution in [0.4, 0.5) is 4.79 Å². The Morgan fingerprint density at radius 2 is 2.27 bits per heavy atom. The molecule has 0 heterocycles. The minimum absolute atomic E-state index is 0.580. The summed E-state index contributed by atoms with van der Waals surface area (Å²) < 4.78 is 3.91. The molecule has 0 aromatic rings. The Bertz CT molecular complexity index is 165. The summed E-state index contributed by atoms with van der Waals surface area (Å²) in [5.74, 6) is 0. The first kappa shape index (κ1) is 11.5. The molecule has 0 aromatic carbocycles. The average Bonchev–Trinajstić information content (AvgIpc) is 1.81. The zero-order valence-corrected chi connectivity index (χ0v) is 10.2. The standard InChI is InChI=1S/C6H8I2O3/c1-2-3-4-6(7,8)11-5(9)10/h2-3H,4H2,1H3,(H,9,10). The maximum Gasteiger partial charge on any atom is 0.507 e. The maximum absolute atomic E-state index is 10.1. The van der Waals surface area contributed by atoms with Crippen molar-refractivity contribution in [3.8, 4) is 0 Å². The molecule has 0 aliphatic carbocycles. The van der Waals surface area contributed by atoms with Crippen LogP contribution in [0.3, 0.4) is 0 Å². The van der Waals surface area contributed by atoms with Crippen molar-refractivity contribution in [1.29, 1.82) is 0 Å². The van der Waals surface area contributed by atoms with Crippen LogP contribution < -0.4 is 0 Å². The van der Waals surface area contributed by atoms with Gasteiger partial charge in [0.25, 0.3) is 0 Å². The molecule has 0 spiro atoms. The van der Waals surface area contributed by atoms with Crippen molar-refractivity contribution < 1.29 is 14.6 Å². The molecule has 0 aliphatic rings. The van der Waals surface area contributed by atoms with Crippen molar-refractivity contribution in [2.45, 2.75) is 15.0 Å². The third-order valence-corrected chi connectivity index (χ3v) is 2.15. The lowest BCUT2D eigenvalue weighted by Gasteiger charge is -2.16.